The largest absolute Gasteiger partial charge is 0.355 e. The maximum atomic E-state index is 4.63. The molecule has 0 spiro atoms. The molecule has 3 aromatic rings. The van der Waals surface area contributed by atoms with Crippen LogP contribution in [0, 0.1) is 0 Å². The van der Waals surface area contributed by atoms with E-state index in [-0.39, 0.29) is 29.5 Å². The van der Waals surface area contributed by atoms with E-state index in [1.165, 1.54) is 0 Å². The number of rotatable bonds is 0. The van der Waals surface area contributed by atoms with Crippen molar-refractivity contribution < 1.29 is 17.1 Å². The van der Waals surface area contributed by atoms with E-state index in [4.69, 9.17) is 0 Å². The van der Waals surface area contributed by atoms with Crippen molar-refractivity contribution in [2.24, 2.45) is 0 Å². The van der Waals surface area contributed by atoms with Crippen molar-refractivity contribution >= 4 is 58.8 Å². The fraction of sp³-hybridized carbons (Fsp3) is 0. The molecule has 2 aliphatic rings. The molecular weight excluding hydrogens is 388 g/mol. The second kappa shape index (κ2) is 7.34. The van der Waals surface area contributed by atoms with E-state index in [0.29, 0.717) is 0 Å². The Bertz CT molecular complexity index is 996. The maximum Gasteiger partial charge on any atom is 0.0658 e. The second-order valence-electron chi connectivity index (χ2n) is 5.91. The molecule has 0 atom stereocenters. The Balaban J connectivity index is 0.000000980. The fourth-order valence-electron chi connectivity index (χ4n) is 2.94. The van der Waals surface area contributed by atoms with Gasteiger partial charge < -0.3 is 9.97 Å². The summed E-state index contributed by atoms with van der Waals surface area (Å²) in [4.78, 5) is 16.0. The minimum atomic E-state index is 0. The van der Waals surface area contributed by atoms with Gasteiger partial charge >= 0.3 is 0 Å². The first-order valence-corrected chi connectivity index (χ1v) is 7.85. The number of H-pyrrole nitrogens is 2. The third-order valence-corrected chi connectivity index (χ3v) is 4.04. The van der Waals surface area contributed by atoms with Gasteiger partial charge in [0, 0.05) is 39.1 Å². The van der Waals surface area contributed by atoms with Crippen molar-refractivity contribution in [2.45, 2.75) is 0 Å². The molecule has 5 heterocycles. The number of halogens is 1. The summed E-state index contributed by atoms with van der Waals surface area (Å²) in [5, 5.41) is 0. The SMILES string of the molecule is C1=Cc2cc3ccc(cc4nc(cc5ccc(cc1n2)[nH]5)C=C4)[nH]3.Cl.[Fe]. The van der Waals surface area contributed by atoms with Gasteiger partial charge in [0.05, 0.1) is 22.8 Å². The van der Waals surface area contributed by atoms with Crippen molar-refractivity contribution in [3.63, 3.8) is 0 Å². The number of hydrogen-bond donors (Lipinski definition) is 2. The smallest absolute Gasteiger partial charge is 0.0658 e. The average molecular weight is 403 g/mol. The zero-order valence-corrected chi connectivity index (χ0v) is 15.5. The van der Waals surface area contributed by atoms with Gasteiger partial charge in [0.2, 0.25) is 0 Å². The topological polar surface area (TPSA) is 57.4 Å². The van der Waals surface area contributed by atoms with Gasteiger partial charge in [-0.25, -0.2) is 9.97 Å². The second-order valence-corrected chi connectivity index (χ2v) is 5.91. The van der Waals surface area contributed by atoms with E-state index in [1.807, 2.05) is 48.6 Å². The molecule has 130 valence electrons. The third-order valence-electron chi connectivity index (χ3n) is 4.04. The predicted octanol–water partition coefficient (Wildman–Crippen LogP) is 5.07. The van der Waals surface area contributed by atoms with Crippen LogP contribution < -0.4 is 0 Å². The Morgan fingerprint density at radius 3 is 1.04 bits per heavy atom. The summed E-state index contributed by atoms with van der Waals surface area (Å²) in [6, 6.07) is 16.4. The maximum absolute atomic E-state index is 4.63. The zero-order valence-electron chi connectivity index (χ0n) is 13.6. The molecule has 0 aromatic carbocycles. The molecule has 8 bridgehead atoms. The number of nitrogens with one attached hydrogen (secondary N) is 2. The Kier molecular flexibility index (Phi) is 5.14. The molecule has 6 heteroatoms. The van der Waals surface area contributed by atoms with E-state index in [9.17, 15) is 0 Å². The first kappa shape index (κ1) is 18.2. The van der Waals surface area contributed by atoms with Crippen LogP contribution in [0.5, 0.6) is 0 Å². The summed E-state index contributed by atoms with van der Waals surface area (Å²) >= 11 is 0. The van der Waals surface area contributed by atoms with Gasteiger partial charge in [-0.15, -0.1) is 12.4 Å². The molecule has 5 rings (SSSR count). The van der Waals surface area contributed by atoms with Crippen LogP contribution in [0.1, 0.15) is 22.8 Å². The summed E-state index contributed by atoms with van der Waals surface area (Å²) in [5.41, 5.74) is 7.86. The van der Waals surface area contributed by atoms with Crippen molar-refractivity contribution in [1.82, 2.24) is 19.9 Å². The van der Waals surface area contributed by atoms with E-state index in [1.54, 1.807) is 0 Å². The van der Waals surface area contributed by atoms with Gasteiger partial charge in [-0.2, -0.15) is 0 Å². The van der Waals surface area contributed by atoms with Crippen molar-refractivity contribution in [1.29, 1.82) is 0 Å². The summed E-state index contributed by atoms with van der Waals surface area (Å²) in [6.45, 7) is 0. The van der Waals surface area contributed by atoms with Crippen LogP contribution in [0.25, 0.3) is 46.4 Å². The Hall–Kier alpha value is -2.59. The van der Waals surface area contributed by atoms with Gasteiger partial charge in [0.1, 0.15) is 0 Å². The van der Waals surface area contributed by atoms with E-state index in [2.05, 4.69) is 44.2 Å². The number of hydrogen-bond acceptors (Lipinski definition) is 2. The average Bonchev–Trinajstić information content (AvgIpc) is 3.32. The summed E-state index contributed by atoms with van der Waals surface area (Å²) < 4.78 is 0. The van der Waals surface area contributed by atoms with Gasteiger partial charge in [-0.3, -0.25) is 0 Å². The van der Waals surface area contributed by atoms with Gasteiger partial charge in [0.25, 0.3) is 0 Å². The minimum Gasteiger partial charge on any atom is -0.355 e. The molecule has 2 N–H and O–H groups in total. The molecule has 4 nitrogen and oxygen atoms in total. The van der Waals surface area contributed by atoms with E-state index >= 15 is 0 Å². The minimum absolute atomic E-state index is 0. The predicted molar refractivity (Wildman–Crippen MR) is 106 cm³/mol. The van der Waals surface area contributed by atoms with Crippen LogP contribution in [0.15, 0.2) is 48.5 Å². The molecule has 0 radical (unpaired) electrons. The molecule has 0 amide bonds. The van der Waals surface area contributed by atoms with Crippen molar-refractivity contribution in [3.8, 4) is 0 Å². The van der Waals surface area contributed by atoms with E-state index < -0.39 is 0 Å². The number of aromatic nitrogens is 4. The van der Waals surface area contributed by atoms with Gasteiger partial charge in [-0.05, 0) is 72.8 Å². The monoisotopic (exact) mass is 402 g/mol. The first-order valence-electron chi connectivity index (χ1n) is 7.85. The summed E-state index contributed by atoms with van der Waals surface area (Å²) in [5.74, 6) is 0. The first-order chi connectivity index (χ1) is 11.8. The Morgan fingerprint density at radius 1 is 0.500 bits per heavy atom. The summed E-state index contributed by atoms with van der Waals surface area (Å²) in [7, 11) is 0. The molecule has 0 aliphatic carbocycles. The Labute approximate surface area is 167 Å². The quantitative estimate of drug-likeness (QED) is 0.355. The van der Waals surface area contributed by atoms with Crippen LogP contribution >= 0.6 is 12.4 Å². The molecule has 0 fully saturated rings. The van der Waals surface area contributed by atoms with Crippen LogP contribution in [0.4, 0.5) is 0 Å². The van der Waals surface area contributed by atoms with Gasteiger partial charge in [0.15, 0.2) is 0 Å². The summed E-state index contributed by atoms with van der Waals surface area (Å²) in [6.07, 6.45) is 8.09. The molecular formula is C20H15ClFeN4. The Morgan fingerprint density at radius 2 is 0.769 bits per heavy atom. The standard InChI is InChI=1S/C20H14N4.ClH.Fe/c1-2-14-10-16-5-6-18(23-16)12-20-8-7-19(24-20)11-17-4-3-15(22-17)9-13(1)21-14;;/h1-12,21,24H;1H;. The fourth-order valence-corrected chi connectivity index (χ4v) is 2.94. The van der Waals surface area contributed by atoms with Crippen LogP contribution in [0.2, 0.25) is 0 Å². The van der Waals surface area contributed by atoms with Crippen LogP contribution in [-0.4, -0.2) is 19.9 Å². The van der Waals surface area contributed by atoms with Gasteiger partial charge in [-0.1, -0.05) is 0 Å². The number of fused-ring (bicyclic) bond motifs is 8. The number of aromatic amines is 2. The molecule has 3 aromatic heterocycles. The van der Waals surface area contributed by atoms with Crippen molar-refractivity contribution in [3.05, 3.63) is 71.3 Å². The van der Waals surface area contributed by atoms with Crippen LogP contribution in [-0.2, 0) is 17.1 Å². The zero-order chi connectivity index (χ0) is 15.9. The molecule has 26 heavy (non-hydrogen) atoms. The van der Waals surface area contributed by atoms with Crippen LogP contribution in [0.3, 0.4) is 0 Å². The number of nitrogens with zero attached hydrogens (tertiary/aromatic N) is 2. The molecule has 0 unspecified atom stereocenters. The molecule has 0 saturated heterocycles. The normalized spacial score (nSPS) is 11.7. The third kappa shape index (κ3) is 3.65. The molecule has 0 saturated carbocycles. The molecule has 2 aliphatic heterocycles. The van der Waals surface area contributed by atoms with E-state index in [0.717, 1.165) is 44.8 Å². The van der Waals surface area contributed by atoms with Crippen molar-refractivity contribution in [2.75, 3.05) is 0 Å².